The summed E-state index contributed by atoms with van der Waals surface area (Å²) in [4.78, 5) is 24.5. The van der Waals surface area contributed by atoms with Gasteiger partial charge in [-0.2, -0.15) is 0 Å². The second kappa shape index (κ2) is 4.88. The van der Waals surface area contributed by atoms with Crippen molar-refractivity contribution in [1.29, 1.82) is 0 Å². The summed E-state index contributed by atoms with van der Waals surface area (Å²) in [6.45, 7) is 4.99. The SMILES string of the molecule is Cc1noc(C(C)C)c1C(=O)N1CCC(F)(C(=O)O)C1. The fourth-order valence-corrected chi connectivity index (χ4v) is 2.32. The van der Waals surface area contributed by atoms with Crippen molar-refractivity contribution in [3.05, 3.63) is 17.0 Å². The molecule has 0 radical (unpaired) electrons. The molecular weight excluding hydrogens is 267 g/mol. The van der Waals surface area contributed by atoms with Gasteiger partial charge in [0, 0.05) is 18.9 Å². The summed E-state index contributed by atoms with van der Waals surface area (Å²) in [6.07, 6.45) is -0.199. The van der Waals surface area contributed by atoms with E-state index in [4.69, 9.17) is 9.63 Å². The van der Waals surface area contributed by atoms with Crippen LogP contribution in [-0.4, -0.2) is 45.8 Å². The summed E-state index contributed by atoms with van der Waals surface area (Å²) in [5.74, 6) is -1.54. The fourth-order valence-electron chi connectivity index (χ4n) is 2.32. The van der Waals surface area contributed by atoms with E-state index in [1.54, 1.807) is 6.92 Å². The molecule has 6 nitrogen and oxygen atoms in total. The van der Waals surface area contributed by atoms with Crippen molar-refractivity contribution < 1.29 is 23.6 Å². The number of nitrogens with zero attached hydrogens (tertiary/aromatic N) is 2. The minimum atomic E-state index is -2.36. The molecule has 2 heterocycles. The van der Waals surface area contributed by atoms with E-state index in [9.17, 15) is 14.0 Å². The van der Waals surface area contributed by atoms with E-state index >= 15 is 0 Å². The van der Waals surface area contributed by atoms with E-state index in [1.165, 1.54) is 4.90 Å². The number of rotatable bonds is 3. The van der Waals surface area contributed by atoms with Crippen LogP contribution in [0.1, 0.15) is 48.0 Å². The number of halogens is 1. The molecule has 1 aliphatic heterocycles. The molecule has 0 aromatic carbocycles. The number of aryl methyl sites for hydroxylation is 1. The van der Waals surface area contributed by atoms with Gasteiger partial charge in [0.1, 0.15) is 5.56 Å². The van der Waals surface area contributed by atoms with Crippen LogP contribution >= 0.6 is 0 Å². The Hall–Kier alpha value is -1.92. The Morgan fingerprint density at radius 3 is 2.65 bits per heavy atom. The molecule has 110 valence electrons. The Balaban J connectivity index is 2.26. The van der Waals surface area contributed by atoms with Crippen LogP contribution in [-0.2, 0) is 4.79 Å². The molecule has 1 aromatic rings. The molecule has 1 atom stereocenters. The van der Waals surface area contributed by atoms with Gasteiger partial charge in [-0.05, 0) is 6.92 Å². The maximum atomic E-state index is 14.0. The number of carboxylic acids is 1. The first-order valence-corrected chi connectivity index (χ1v) is 6.44. The van der Waals surface area contributed by atoms with Gasteiger partial charge in [-0.15, -0.1) is 0 Å². The zero-order valence-electron chi connectivity index (χ0n) is 11.6. The first kappa shape index (κ1) is 14.5. The summed E-state index contributed by atoms with van der Waals surface area (Å²) < 4.78 is 19.1. The molecular formula is C13H17FN2O4. The molecule has 1 amide bonds. The Kier molecular flexibility index (Phi) is 3.54. The molecule has 0 aliphatic carbocycles. The summed E-state index contributed by atoms with van der Waals surface area (Å²) in [6, 6.07) is 0. The normalized spacial score (nSPS) is 22.6. The molecule has 0 spiro atoms. The lowest BCUT2D eigenvalue weighted by Crippen LogP contribution is -2.39. The van der Waals surface area contributed by atoms with Crippen molar-refractivity contribution in [3.8, 4) is 0 Å². The van der Waals surface area contributed by atoms with Gasteiger partial charge in [0.25, 0.3) is 5.91 Å². The van der Waals surface area contributed by atoms with Gasteiger partial charge in [0.2, 0.25) is 5.67 Å². The van der Waals surface area contributed by atoms with E-state index < -0.39 is 24.1 Å². The van der Waals surface area contributed by atoms with Crippen molar-refractivity contribution in [1.82, 2.24) is 10.1 Å². The number of alkyl halides is 1. The standard InChI is InChI=1S/C13H17FN2O4/c1-7(2)10-9(8(3)15-20-10)11(17)16-5-4-13(14,6-16)12(18)19/h7H,4-6H2,1-3H3,(H,18,19). The largest absolute Gasteiger partial charge is 0.479 e. The molecule has 1 fully saturated rings. The summed E-state index contributed by atoms with van der Waals surface area (Å²) in [7, 11) is 0. The predicted octanol–water partition coefficient (Wildman–Crippen LogP) is 1.75. The van der Waals surface area contributed by atoms with E-state index in [-0.39, 0.29) is 18.9 Å². The molecule has 20 heavy (non-hydrogen) atoms. The predicted molar refractivity (Wildman–Crippen MR) is 67.3 cm³/mol. The minimum Gasteiger partial charge on any atom is -0.479 e. The average molecular weight is 284 g/mol. The molecule has 2 rings (SSSR count). The Bertz CT molecular complexity index is 555. The number of amides is 1. The first-order chi connectivity index (χ1) is 9.26. The maximum absolute atomic E-state index is 14.0. The maximum Gasteiger partial charge on any atom is 0.343 e. The number of hydrogen-bond donors (Lipinski definition) is 1. The van der Waals surface area contributed by atoms with Crippen LogP contribution < -0.4 is 0 Å². The number of likely N-dealkylation sites (tertiary alicyclic amines) is 1. The molecule has 1 unspecified atom stereocenters. The third kappa shape index (κ3) is 2.28. The van der Waals surface area contributed by atoms with E-state index in [0.29, 0.717) is 17.0 Å². The van der Waals surface area contributed by atoms with Crippen LogP contribution in [0.2, 0.25) is 0 Å². The smallest absolute Gasteiger partial charge is 0.343 e. The Labute approximate surface area is 115 Å². The lowest BCUT2D eigenvalue weighted by molar-refractivity contribution is -0.149. The van der Waals surface area contributed by atoms with Crippen LogP contribution in [0.15, 0.2) is 4.52 Å². The topological polar surface area (TPSA) is 83.6 Å². The van der Waals surface area contributed by atoms with Crippen molar-refractivity contribution in [2.45, 2.75) is 38.8 Å². The Morgan fingerprint density at radius 2 is 2.15 bits per heavy atom. The lowest BCUT2D eigenvalue weighted by atomic mass is 10.0. The molecule has 0 bridgehead atoms. The van der Waals surface area contributed by atoms with Gasteiger partial charge in [0.15, 0.2) is 5.76 Å². The highest BCUT2D eigenvalue weighted by Crippen LogP contribution is 2.30. The third-order valence-electron chi connectivity index (χ3n) is 3.52. The van der Waals surface area contributed by atoms with E-state index in [2.05, 4.69) is 5.16 Å². The van der Waals surface area contributed by atoms with Crippen molar-refractivity contribution >= 4 is 11.9 Å². The molecule has 7 heteroatoms. The first-order valence-electron chi connectivity index (χ1n) is 6.44. The van der Waals surface area contributed by atoms with Crippen LogP contribution in [0.4, 0.5) is 4.39 Å². The summed E-state index contributed by atoms with van der Waals surface area (Å²) in [5.41, 5.74) is -1.61. The summed E-state index contributed by atoms with van der Waals surface area (Å²) >= 11 is 0. The second-order valence-corrected chi connectivity index (χ2v) is 5.41. The van der Waals surface area contributed by atoms with Crippen LogP contribution in [0, 0.1) is 6.92 Å². The molecule has 0 saturated carbocycles. The van der Waals surface area contributed by atoms with Crippen molar-refractivity contribution in [3.63, 3.8) is 0 Å². The van der Waals surface area contributed by atoms with Crippen LogP contribution in [0.5, 0.6) is 0 Å². The van der Waals surface area contributed by atoms with Gasteiger partial charge in [-0.3, -0.25) is 4.79 Å². The molecule has 1 N–H and O–H groups in total. The zero-order chi connectivity index (χ0) is 15.1. The number of carbonyl (C=O) groups is 2. The number of carboxylic acid groups (broad SMARTS) is 1. The van der Waals surface area contributed by atoms with Crippen LogP contribution in [0.3, 0.4) is 0 Å². The molecule has 1 aromatic heterocycles. The van der Waals surface area contributed by atoms with E-state index in [0.717, 1.165) is 0 Å². The van der Waals surface area contributed by atoms with Gasteiger partial charge in [0.05, 0.1) is 12.2 Å². The van der Waals surface area contributed by atoms with E-state index in [1.807, 2.05) is 13.8 Å². The minimum absolute atomic E-state index is 0.0349. The highest BCUT2D eigenvalue weighted by atomic mass is 19.1. The molecule has 1 aliphatic rings. The average Bonchev–Trinajstić information content (AvgIpc) is 2.93. The van der Waals surface area contributed by atoms with Crippen molar-refractivity contribution in [2.75, 3.05) is 13.1 Å². The number of aliphatic carboxylic acids is 1. The highest BCUT2D eigenvalue weighted by molar-refractivity contribution is 5.97. The quantitative estimate of drug-likeness (QED) is 0.914. The monoisotopic (exact) mass is 284 g/mol. The highest BCUT2D eigenvalue weighted by Gasteiger charge is 2.47. The number of hydrogen-bond acceptors (Lipinski definition) is 4. The van der Waals surface area contributed by atoms with Gasteiger partial charge < -0.3 is 14.5 Å². The second-order valence-electron chi connectivity index (χ2n) is 5.41. The van der Waals surface area contributed by atoms with Gasteiger partial charge >= 0.3 is 5.97 Å². The Morgan fingerprint density at radius 1 is 1.50 bits per heavy atom. The molecule has 1 saturated heterocycles. The number of carbonyl (C=O) groups excluding carboxylic acids is 1. The number of aromatic nitrogens is 1. The summed E-state index contributed by atoms with van der Waals surface area (Å²) in [5, 5.41) is 12.6. The third-order valence-corrected chi connectivity index (χ3v) is 3.52. The lowest BCUT2D eigenvalue weighted by Gasteiger charge is -2.18. The van der Waals surface area contributed by atoms with Crippen molar-refractivity contribution in [2.24, 2.45) is 0 Å². The fraction of sp³-hybridized carbons (Fsp3) is 0.615. The van der Waals surface area contributed by atoms with Crippen LogP contribution in [0.25, 0.3) is 0 Å². The van der Waals surface area contributed by atoms with Gasteiger partial charge in [-0.25, -0.2) is 9.18 Å². The van der Waals surface area contributed by atoms with Gasteiger partial charge in [-0.1, -0.05) is 19.0 Å². The zero-order valence-corrected chi connectivity index (χ0v) is 11.6.